The Balaban J connectivity index is 0. The van der Waals surface area contributed by atoms with Gasteiger partial charge in [-0.05, 0) is 19.9 Å². The van der Waals surface area contributed by atoms with Crippen LogP contribution in [0.3, 0.4) is 0 Å². The van der Waals surface area contributed by atoms with E-state index in [4.69, 9.17) is 26.2 Å². The van der Waals surface area contributed by atoms with Gasteiger partial charge in [0.25, 0.3) is 0 Å². The van der Waals surface area contributed by atoms with Gasteiger partial charge >= 0.3 is 0 Å². The first-order valence-corrected chi connectivity index (χ1v) is 7.55. The fourth-order valence-electron chi connectivity index (χ4n) is 1.92. The van der Waals surface area contributed by atoms with Crippen molar-refractivity contribution in [3.8, 4) is 11.5 Å². The lowest BCUT2D eigenvalue weighted by Gasteiger charge is -2.15. The Hall–Kier alpha value is -0.430. The van der Waals surface area contributed by atoms with Gasteiger partial charge < -0.3 is 25.2 Å². The number of aliphatic hydroxyl groups is 1. The lowest BCUT2D eigenvalue weighted by molar-refractivity contribution is 0.191. The van der Waals surface area contributed by atoms with Crippen molar-refractivity contribution >= 4 is 36.4 Å². The maximum Gasteiger partial charge on any atom is 0.165 e. The number of hydrogen-bond donors (Lipinski definition) is 3. The van der Waals surface area contributed by atoms with Gasteiger partial charge in [0.15, 0.2) is 11.5 Å². The van der Waals surface area contributed by atoms with Gasteiger partial charge in [0.1, 0.15) is 0 Å². The zero-order valence-corrected chi connectivity index (χ0v) is 16.1. The van der Waals surface area contributed by atoms with E-state index in [1.54, 1.807) is 20.1 Å². The Morgan fingerprint density at radius 3 is 2.43 bits per heavy atom. The second-order valence-corrected chi connectivity index (χ2v) is 5.20. The number of nitrogens with one attached hydrogen (secondary N) is 2. The summed E-state index contributed by atoms with van der Waals surface area (Å²) in [5.74, 6) is 1.38. The summed E-state index contributed by atoms with van der Waals surface area (Å²) in [6.45, 7) is 7.07. The lowest BCUT2D eigenvalue weighted by Crippen LogP contribution is -2.31. The lowest BCUT2D eigenvalue weighted by atomic mass is 10.2. The van der Waals surface area contributed by atoms with Crippen molar-refractivity contribution in [1.29, 1.82) is 0 Å². The molecule has 3 N–H and O–H groups in total. The number of rotatable bonds is 10. The van der Waals surface area contributed by atoms with Crippen LogP contribution in [0.25, 0.3) is 0 Å². The molecule has 0 fully saturated rings. The number of benzene rings is 1. The molecule has 5 nitrogen and oxygen atoms in total. The third-order valence-corrected chi connectivity index (χ3v) is 3.06. The SMILES string of the molecule is CCOc1c(CNCCNCC(C)O)cc(Cl)cc1OC.Cl.Cl. The predicted molar refractivity (Wildman–Crippen MR) is 99.9 cm³/mol. The molecule has 0 heterocycles. The minimum Gasteiger partial charge on any atom is -0.493 e. The molecule has 1 rings (SSSR count). The molecule has 0 aromatic heterocycles. The minimum absolute atomic E-state index is 0. The van der Waals surface area contributed by atoms with Gasteiger partial charge in [-0.3, -0.25) is 0 Å². The second-order valence-electron chi connectivity index (χ2n) is 4.76. The molecule has 0 aliphatic rings. The molecule has 0 aliphatic heterocycles. The first-order valence-electron chi connectivity index (χ1n) is 7.17. The topological polar surface area (TPSA) is 62.8 Å². The molecule has 136 valence electrons. The highest BCUT2D eigenvalue weighted by Crippen LogP contribution is 2.34. The molecular weight excluding hydrogens is 363 g/mol. The number of methoxy groups -OCH3 is 1. The van der Waals surface area contributed by atoms with Crippen LogP contribution in [-0.2, 0) is 6.54 Å². The summed E-state index contributed by atoms with van der Waals surface area (Å²) in [6, 6.07) is 3.63. The standard InChI is InChI=1S/C15H25ClN2O3.2ClH/c1-4-21-15-12(7-13(16)8-14(15)20-3)10-18-6-5-17-9-11(2)19;;/h7-8,11,17-19H,4-6,9-10H2,1-3H3;2*1H. The minimum atomic E-state index is -0.327. The van der Waals surface area contributed by atoms with E-state index in [2.05, 4.69) is 10.6 Å². The zero-order valence-electron chi connectivity index (χ0n) is 13.7. The van der Waals surface area contributed by atoms with Crippen LogP contribution in [0.2, 0.25) is 5.02 Å². The van der Waals surface area contributed by atoms with Crippen LogP contribution < -0.4 is 20.1 Å². The first-order chi connectivity index (χ1) is 10.1. The average molecular weight is 390 g/mol. The highest BCUT2D eigenvalue weighted by atomic mass is 35.5. The molecule has 1 atom stereocenters. The van der Waals surface area contributed by atoms with Crippen molar-refractivity contribution in [3.05, 3.63) is 22.7 Å². The third kappa shape index (κ3) is 9.45. The fourth-order valence-corrected chi connectivity index (χ4v) is 2.16. The van der Waals surface area contributed by atoms with Crippen LogP contribution in [0.15, 0.2) is 12.1 Å². The molecule has 0 spiro atoms. The van der Waals surface area contributed by atoms with Crippen LogP contribution in [0.5, 0.6) is 11.5 Å². The first kappa shape index (κ1) is 24.8. The van der Waals surface area contributed by atoms with Crippen molar-refractivity contribution in [2.45, 2.75) is 26.5 Å². The summed E-state index contributed by atoms with van der Waals surface area (Å²) in [5, 5.41) is 16.2. The van der Waals surface area contributed by atoms with E-state index in [0.29, 0.717) is 30.5 Å². The highest BCUT2D eigenvalue weighted by molar-refractivity contribution is 6.30. The van der Waals surface area contributed by atoms with Gasteiger partial charge in [-0.2, -0.15) is 0 Å². The van der Waals surface area contributed by atoms with Gasteiger partial charge in [-0.25, -0.2) is 0 Å². The van der Waals surface area contributed by atoms with Crippen molar-refractivity contribution in [3.63, 3.8) is 0 Å². The quantitative estimate of drug-likeness (QED) is 0.537. The average Bonchev–Trinajstić information content (AvgIpc) is 2.44. The number of halogens is 3. The van der Waals surface area contributed by atoms with Crippen LogP contribution in [0, 0.1) is 0 Å². The Morgan fingerprint density at radius 1 is 1.22 bits per heavy atom. The molecule has 1 aromatic carbocycles. The van der Waals surface area contributed by atoms with E-state index in [1.807, 2.05) is 13.0 Å². The summed E-state index contributed by atoms with van der Waals surface area (Å²) < 4.78 is 11.0. The molecule has 0 aliphatic carbocycles. The molecule has 8 heteroatoms. The molecule has 0 amide bonds. The molecule has 0 saturated carbocycles. The summed E-state index contributed by atoms with van der Waals surface area (Å²) in [4.78, 5) is 0. The van der Waals surface area contributed by atoms with E-state index in [9.17, 15) is 0 Å². The summed E-state index contributed by atoms with van der Waals surface area (Å²) in [6.07, 6.45) is -0.327. The molecule has 0 bridgehead atoms. The van der Waals surface area contributed by atoms with E-state index >= 15 is 0 Å². The molecule has 0 radical (unpaired) electrons. The van der Waals surface area contributed by atoms with E-state index in [-0.39, 0.29) is 30.9 Å². The second kappa shape index (κ2) is 14.0. The maximum atomic E-state index is 9.14. The largest absolute Gasteiger partial charge is 0.493 e. The monoisotopic (exact) mass is 388 g/mol. The Morgan fingerprint density at radius 2 is 1.87 bits per heavy atom. The van der Waals surface area contributed by atoms with Crippen molar-refractivity contribution in [1.82, 2.24) is 10.6 Å². The van der Waals surface area contributed by atoms with Gasteiger partial charge in [0.2, 0.25) is 0 Å². The number of hydrogen-bond acceptors (Lipinski definition) is 5. The van der Waals surface area contributed by atoms with Gasteiger partial charge in [-0.1, -0.05) is 11.6 Å². The van der Waals surface area contributed by atoms with E-state index in [1.165, 1.54) is 0 Å². The Labute approximate surface area is 155 Å². The highest BCUT2D eigenvalue weighted by Gasteiger charge is 2.12. The fraction of sp³-hybridized carbons (Fsp3) is 0.600. The van der Waals surface area contributed by atoms with E-state index < -0.39 is 0 Å². The van der Waals surface area contributed by atoms with Crippen LogP contribution in [0.4, 0.5) is 0 Å². The normalized spacial score (nSPS) is 11.2. The molecule has 1 unspecified atom stereocenters. The van der Waals surface area contributed by atoms with Crippen molar-refractivity contribution in [2.75, 3.05) is 33.4 Å². The van der Waals surface area contributed by atoms with Crippen LogP contribution in [-0.4, -0.2) is 44.6 Å². The van der Waals surface area contributed by atoms with E-state index in [0.717, 1.165) is 24.4 Å². The van der Waals surface area contributed by atoms with Crippen LogP contribution in [0.1, 0.15) is 19.4 Å². The number of ether oxygens (including phenoxy) is 2. The predicted octanol–water partition coefficient (Wildman–Crippen LogP) is 2.65. The van der Waals surface area contributed by atoms with Crippen LogP contribution >= 0.6 is 36.4 Å². The number of aliphatic hydroxyl groups excluding tert-OH is 1. The molecule has 1 aromatic rings. The maximum absolute atomic E-state index is 9.14. The Bertz CT molecular complexity index is 435. The van der Waals surface area contributed by atoms with Crippen molar-refractivity contribution < 1.29 is 14.6 Å². The molecule has 0 saturated heterocycles. The molecule has 23 heavy (non-hydrogen) atoms. The smallest absolute Gasteiger partial charge is 0.165 e. The summed E-state index contributed by atoms with van der Waals surface area (Å²) in [7, 11) is 1.60. The summed E-state index contributed by atoms with van der Waals surface area (Å²) in [5.41, 5.74) is 0.969. The molecular formula is C15H27Cl3N2O3. The Kier molecular flexibility index (Phi) is 15.1. The van der Waals surface area contributed by atoms with Gasteiger partial charge in [0, 0.05) is 42.8 Å². The summed E-state index contributed by atoms with van der Waals surface area (Å²) >= 11 is 6.09. The van der Waals surface area contributed by atoms with Crippen molar-refractivity contribution in [2.24, 2.45) is 0 Å². The van der Waals surface area contributed by atoms with Gasteiger partial charge in [-0.15, -0.1) is 24.8 Å². The van der Waals surface area contributed by atoms with Gasteiger partial charge in [0.05, 0.1) is 19.8 Å². The zero-order chi connectivity index (χ0) is 15.7. The third-order valence-electron chi connectivity index (χ3n) is 2.84.